The summed E-state index contributed by atoms with van der Waals surface area (Å²) >= 11 is 0. The van der Waals surface area contributed by atoms with Crippen molar-refractivity contribution < 1.29 is 58.7 Å². The number of esters is 2. The number of anilines is 1. The number of quaternary nitrogens is 1. The maximum Gasteiger partial charge on any atom is 0.418 e. The molecule has 47 heavy (non-hydrogen) atoms. The third-order valence-electron chi connectivity index (χ3n) is 8.33. The Hall–Kier alpha value is -3.58. The summed E-state index contributed by atoms with van der Waals surface area (Å²) in [6.45, 7) is 5.44. The number of aromatic nitrogens is 1. The fourth-order valence-corrected chi connectivity index (χ4v) is 6.49. The Labute approximate surface area is 279 Å². The largest absolute Gasteiger partial charge is 1.00 e. The van der Waals surface area contributed by atoms with Crippen LogP contribution in [0.15, 0.2) is 24.4 Å². The van der Waals surface area contributed by atoms with Crippen LogP contribution in [0.1, 0.15) is 91.3 Å². The molecule has 0 radical (unpaired) electrons. The molecule has 260 valence electrons. The van der Waals surface area contributed by atoms with Gasteiger partial charge in [0, 0.05) is 42.7 Å². The van der Waals surface area contributed by atoms with E-state index >= 15 is 0 Å². The van der Waals surface area contributed by atoms with Gasteiger partial charge in [0.2, 0.25) is 0 Å². The van der Waals surface area contributed by atoms with Crippen LogP contribution in [0.2, 0.25) is 0 Å². The smallest absolute Gasteiger partial charge is 0.418 e. The van der Waals surface area contributed by atoms with Gasteiger partial charge in [-0.2, -0.15) is 13.2 Å². The second kappa shape index (κ2) is 14.3. The molecule has 1 amide bonds. The summed E-state index contributed by atoms with van der Waals surface area (Å²) in [6.07, 6.45) is -2.20. The summed E-state index contributed by atoms with van der Waals surface area (Å²) in [5.41, 5.74) is 5.05. The normalized spacial score (nSPS) is 20.0. The first-order valence-corrected chi connectivity index (χ1v) is 15.4. The third-order valence-corrected chi connectivity index (χ3v) is 8.33. The van der Waals surface area contributed by atoms with Gasteiger partial charge in [0.25, 0.3) is 5.91 Å². The number of likely N-dealkylation sites (N-methyl/N-ethyl adjacent to an activating group) is 1. The minimum Gasteiger partial charge on any atom is -1.00 e. The Morgan fingerprint density at radius 3 is 2.30 bits per heavy atom. The number of rotatable bonds is 10. The van der Waals surface area contributed by atoms with Crippen molar-refractivity contribution in [2.24, 2.45) is 11.1 Å². The number of halogens is 4. The van der Waals surface area contributed by atoms with Crippen LogP contribution in [-0.2, 0) is 31.7 Å². The number of hydrogen-bond acceptors (Lipinski definition) is 7. The van der Waals surface area contributed by atoms with Crippen molar-refractivity contribution in [3.05, 3.63) is 46.8 Å². The highest BCUT2D eigenvalue weighted by Gasteiger charge is 2.43. The lowest BCUT2D eigenvalue weighted by molar-refractivity contribution is -0.873. The van der Waals surface area contributed by atoms with E-state index < -0.39 is 46.9 Å². The lowest BCUT2D eigenvalue weighted by Gasteiger charge is -2.31. The summed E-state index contributed by atoms with van der Waals surface area (Å²) < 4.78 is 55.0. The molecular formula is C33H44ClF3N4O6. The van der Waals surface area contributed by atoms with E-state index in [9.17, 15) is 32.3 Å². The number of alkyl halides is 3. The molecule has 0 spiro atoms. The van der Waals surface area contributed by atoms with Crippen molar-refractivity contribution in [3.63, 3.8) is 0 Å². The van der Waals surface area contributed by atoms with Crippen molar-refractivity contribution >= 4 is 29.3 Å². The van der Waals surface area contributed by atoms with E-state index in [-0.39, 0.29) is 60.6 Å². The number of ketones is 1. The molecule has 0 bridgehead atoms. The van der Waals surface area contributed by atoms with Gasteiger partial charge in [-0.15, -0.1) is 0 Å². The first-order valence-electron chi connectivity index (χ1n) is 15.4. The van der Waals surface area contributed by atoms with Gasteiger partial charge in [0.1, 0.15) is 12.6 Å². The minimum atomic E-state index is -4.71. The van der Waals surface area contributed by atoms with E-state index in [1.165, 1.54) is 23.6 Å². The van der Waals surface area contributed by atoms with Crippen molar-refractivity contribution in [1.82, 2.24) is 4.57 Å². The van der Waals surface area contributed by atoms with E-state index in [4.69, 9.17) is 15.2 Å². The third kappa shape index (κ3) is 9.72. The van der Waals surface area contributed by atoms with Gasteiger partial charge in [-0.25, -0.2) is 0 Å². The van der Waals surface area contributed by atoms with Crippen LogP contribution in [0.5, 0.6) is 0 Å². The zero-order chi connectivity index (χ0) is 34.2. The Morgan fingerprint density at radius 2 is 1.74 bits per heavy atom. The van der Waals surface area contributed by atoms with Crippen molar-refractivity contribution in [2.75, 3.05) is 33.0 Å². The molecule has 3 N–H and O–H groups in total. The molecule has 4 rings (SSSR count). The van der Waals surface area contributed by atoms with Crippen LogP contribution in [0.3, 0.4) is 0 Å². The average Bonchev–Trinajstić information content (AvgIpc) is 3.27. The number of ether oxygens (including phenoxy) is 2. The summed E-state index contributed by atoms with van der Waals surface area (Å²) in [7, 11) is 5.80. The predicted octanol–water partition coefficient (Wildman–Crippen LogP) is 2.05. The molecule has 1 unspecified atom stereocenters. The maximum absolute atomic E-state index is 14.0. The molecule has 10 nitrogen and oxygen atoms in total. The number of nitrogens with one attached hydrogen (secondary N) is 1. The SMILES string of the molecule is CC(=O)OC(CC(=O)O[C@H]1CC[C@H](Nc2cc(-n3cc(C(F)(F)F)c4c3CC(C)(C)CC4=O)ccc2C(N)=O)CC1)C[N+](C)(C)C.[Cl-]. The Balaban J connectivity index is 0.00000600. The van der Waals surface area contributed by atoms with E-state index in [1.54, 1.807) is 6.07 Å². The zero-order valence-electron chi connectivity index (χ0n) is 27.6. The molecule has 1 saturated carbocycles. The van der Waals surface area contributed by atoms with E-state index in [0.717, 1.165) is 6.20 Å². The fourth-order valence-electron chi connectivity index (χ4n) is 6.49. The van der Waals surface area contributed by atoms with Crippen LogP contribution in [0, 0.1) is 5.41 Å². The van der Waals surface area contributed by atoms with Crippen molar-refractivity contribution in [1.29, 1.82) is 0 Å². The number of nitrogens with two attached hydrogens (primary N) is 1. The number of fused-ring (bicyclic) bond motifs is 1. The average molecular weight is 685 g/mol. The molecule has 0 saturated heterocycles. The molecule has 1 heterocycles. The number of primary amides is 1. The molecular weight excluding hydrogens is 641 g/mol. The Morgan fingerprint density at radius 1 is 1.11 bits per heavy atom. The molecule has 1 aromatic heterocycles. The van der Waals surface area contributed by atoms with Crippen molar-refractivity contribution in [2.45, 2.75) is 90.1 Å². The maximum atomic E-state index is 14.0. The van der Waals surface area contributed by atoms with E-state index in [2.05, 4.69) is 5.32 Å². The van der Waals surface area contributed by atoms with Crippen LogP contribution in [0.25, 0.3) is 5.69 Å². The molecule has 2 aliphatic rings. The number of carbonyl (C=O) groups excluding carboxylic acids is 4. The Kier molecular flexibility index (Phi) is 11.5. The van der Waals surface area contributed by atoms with Crippen molar-refractivity contribution in [3.8, 4) is 5.69 Å². The quantitative estimate of drug-likeness (QED) is 0.290. The standard InChI is InChI=1S/C33H43F3N4O6.ClH/c1-19(41)45-23(18-40(4,5)6)14-29(43)46-22-10-7-20(8-11-22)38-26-13-21(9-12-24(26)31(37)44)39-17-25(33(34,35)36)30-27(39)15-32(2,3)16-28(30)42;/h9,12-13,17,20,22-23H,7-8,10-11,14-16,18H2,1-6H3,(H2-,37,38,44);1H/t20-,22-,23?;. The van der Waals surface area contributed by atoms with Crippen LogP contribution >= 0.6 is 0 Å². The topological polar surface area (TPSA) is 130 Å². The van der Waals surface area contributed by atoms with Gasteiger partial charge in [-0.05, 0) is 55.7 Å². The number of nitrogens with zero attached hydrogens (tertiary/aromatic N) is 2. The zero-order valence-corrected chi connectivity index (χ0v) is 28.4. The molecule has 2 aliphatic carbocycles. The molecule has 2 aromatic rings. The van der Waals surface area contributed by atoms with Gasteiger partial charge in [0.05, 0.1) is 44.3 Å². The van der Waals surface area contributed by atoms with E-state index in [0.29, 0.717) is 48.1 Å². The van der Waals surface area contributed by atoms with Gasteiger partial charge in [0.15, 0.2) is 11.9 Å². The molecule has 1 atom stereocenters. The minimum absolute atomic E-state index is 0. The number of Topliss-reactive ketones (excluding diaryl/α,β-unsaturated/α-hetero) is 1. The first kappa shape index (κ1) is 37.9. The number of hydrogen-bond donors (Lipinski definition) is 2. The summed E-state index contributed by atoms with van der Waals surface area (Å²) in [5.74, 6) is -2.16. The van der Waals surface area contributed by atoms with Crippen LogP contribution < -0.4 is 23.5 Å². The second-order valence-corrected chi connectivity index (χ2v) is 14.3. The number of amides is 1. The predicted molar refractivity (Wildman–Crippen MR) is 165 cm³/mol. The number of carbonyl (C=O) groups is 4. The van der Waals surface area contributed by atoms with Gasteiger partial charge in [-0.1, -0.05) is 13.8 Å². The van der Waals surface area contributed by atoms with Crippen LogP contribution in [-0.4, -0.2) is 78.6 Å². The highest BCUT2D eigenvalue weighted by molar-refractivity contribution is 6.01. The summed E-state index contributed by atoms with van der Waals surface area (Å²) in [5, 5.41) is 3.33. The Bertz CT molecular complexity index is 1510. The highest BCUT2D eigenvalue weighted by Crippen LogP contribution is 2.43. The molecule has 0 aliphatic heterocycles. The summed E-state index contributed by atoms with van der Waals surface area (Å²) in [6, 6.07) is 4.45. The lowest BCUT2D eigenvalue weighted by Crippen LogP contribution is -3.00. The second-order valence-electron chi connectivity index (χ2n) is 14.3. The van der Waals surface area contributed by atoms with Gasteiger partial charge >= 0.3 is 18.1 Å². The first-order chi connectivity index (χ1) is 21.2. The van der Waals surface area contributed by atoms with E-state index in [1.807, 2.05) is 35.0 Å². The van der Waals surface area contributed by atoms with Gasteiger partial charge in [-0.3, -0.25) is 19.2 Å². The monoisotopic (exact) mass is 684 g/mol. The molecule has 1 aromatic carbocycles. The fraction of sp³-hybridized carbons (Fsp3) is 0.576. The summed E-state index contributed by atoms with van der Waals surface area (Å²) in [4.78, 5) is 49.4. The van der Waals surface area contributed by atoms with Gasteiger partial charge < -0.3 is 42.0 Å². The molecule has 1 fully saturated rings. The lowest BCUT2D eigenvalue weighted by atomic mass is 9.75. The number of benzene rings is 1. The molecule has 14 heteroatoms. The van der Waals surface area contributed by atoms with Crippen LogP contribution in [0.4, 0.5) is 18.9 Å². The highest BCUT2D eigenvalue weighted by atomic mass is 35.5.